The van der Waals surface area contributed by atoms with E-state index in [2.05, 4.69) is 18.0 Å². The van der Waals surface area contributed by atoms with Gasteiger partial charge in [0, 0.05) is 18.7 Å². The highest BCUT2D eigenvalue weighted by molar-refractivity contribution is 5.28. The number of benzene rings is 1. The lowest BCUT2D eigenvalue weighted by Crippen LogP contribution is -2.18. The van der Waals surface area contributed by atoms with Crippen LogP contribution in [0.15, 0.2) is 41.0 Å². The first-order valence-electron chi connectivity index (χ1n) is 6.29. The molecular weight excluding hydrogens is 240 g/mol. The van der Waals surface area contributed by atoms with Crippen LogP contribution in [0.2, 0.25) is 0 Å². The summed E-state index contributed by atoms with van der Waals surface area (Å²) in [5, 5.41) is 0. The summed E-state index contributed by atoms with van der Waals surface area (Å²) < 4.78 is 10.7. The van der Waals surface area contributed by atoms with Crippen molar-refractivity contribution in [1.82, 2.24) is 4.90 Å². The van der Waals surface area contributed by atoms with Gasteiger partial charge in [0.15, 0.2) is 0 Å². The SMILES string of the molecule is COc1cccc(CN(C)Cc2occc2CN)c1. The first kappa shape index (κ1) is 13.6. The Labute approximate surface area is 113 Å². The highest BCUT2D eigenvalue weighted by Gasteiger charge is 2.09. The molecule has 0 saturated carbocycles. The number of hydrogen-bond acceptors (Lipinski definition) is 4. The molecule has 102 valence electrons. The molecule has 19 heavy (non-hydrogen) atoms. The summed E-state index contributed by atoms with van der Waals surface area (Å²) >= 11 is 0. The van der Waals surface area contributed by atoms with Gasteiger partial charge in [-0.05, 0) is 30.8 Å². The zero-order valence-electron chi connectivity index (χ0n) is 11.4. The highest BCUT2D eigenvalue weighted by atomic mass is 16.5. The molecule has 2 N–H and O–H groups in total. The van der Waals surface area contributed by atoms with Gasteiger partial charge in [0.1, 0.15) is 11.5 Å². The second kappa shape index (κ2) is 6.41. The first-order valence-corrected chi connectivity index (χ1v) is 6.29. The van der Waals surface area contributed by atoms with Crippen molar-refractivity contribution < 1.29 is 9.15 Å². The zero-order chi connectivity index (χ0) is 13.7. The standard InChI is InChI=1S/C15H20N2O2/c1-17(11-15-13(9-16)6-7-19-15)10-12-4-3-5-14(8-12)18-2/h3-8H,9-11,16H2,1-2H3. The van der Waals surface area contributed by atoms with Gasteiger partial charge in [0.25, 0.3) is 0 Å². The lowest BCUT2D eigenvalue weighted by Gasteiger charge is -2.16. The molecule has 0 aliphatic carbocycles. The van der Waals surface area contributed by atoms with Crippen LogP contribution in [-0.4, -0.2) is 19.1 Å². The van der Waals surface area contributed by atoms with Crippen LogP contribution in [0.1, 0.15) is 16.9 Å². The maximum absolute atomic E-state index is 5.67. The topological polar surface area (TPSA) is 51.6 Å². The minimum absolute atomic E-state index is 0.513. The van der Waals surface area contributed by atoms with Gasteiger partial charge in [0.05, 0.1) is 19.9 Å². The van der Waals surface area contributed by atoms with Crippen LogP contribution in [0.4, 0.5) is 0 Å². The Kier molecular flexibility index (Phi) is 4.60. The Bertz CT molecular complexity index is 522. The highest BCUT2D eigenvalue weighted by Crippen LogP contribution is 2.16. The molecular formula is C15H20N2O2. The molecule has 0 bridgehead atoms. The summed E-state index contributed by atoms with van der Waals surface area (Å²) in [6.07, 6.45) is 1.69. The number of ether oxygens (including phenoxy) is 1. The Hall–Kier alpha value is -1.78. The lowest BCUT2D eigenvalue weighted by atomic mass is 10.2. The fraction of sp³-hybridized carbons (Fsp3) is 0.333. The number of nitrogens with zero attached hydrogens (tertiary/aromatic N) is 1. The fourth-order valence-corrected chi connectivity index (χ4v) is 2.07. The van der Waals surface area contributed by atoms with E-state index in [1.165, 1.54) is 5.56 Å². The van der Waals surface area contributed by atoms with Crippen molar-refractivity contribution in [1.29, 1.82) is 0 Å². The summed E-state index contributed by atoms with van der Waals surface area (Å²) in [7, 11) is 3.74. The van der Waals surface area contributed by atoms with E-state index in [4.69, 9.17) is 14.9 Å². The average Bonchev–Trinajstić information content (AvgIpc) is 2.86. The molecule has 0 fully saturated rings. The van der Waals surface area contributed by atoms with Gasteiger partial charge in [-0.15, -0.1) is 0 Å². The predicted octanol–water partition coefficient (Wildman–Crippen LogP) is 2.38. The smallest absolute Gasteiger partial charge is 0.122 e. The number of rotatable bonds is 6. The van der Waals surface area contributed by atoms with Gasteiger partial charge < -0.3 is 14.9 Å². The van der Waals surface area contributed by atoms with E-state index < -0.39 is 0 Å². The Morgan fingerprint density at radius 2 is 2.11 bits per heavy atom. The number of nitrogens with two attached hydrogens (primary N) is 1. The number of furan rings is 1. The second-order valence-electron chi connectivity index (χ2n) is 4.60. The number of methoxy groups -OCH3 is 1. The van der Waals surface area contributed by atoms with Gasteiger partial charge in [0.2, 0.25) is 0 Å². The molecule has 0 amide bonds. The zero-order valence-corrected chi connectivity index (χ0v) is 11.4. The summed E-state index contributed by atoms with van der Waals surface area (Å²) in [5.74, 6) is 1.82. The molecule has 0 atom stereocenters. The van der Waals surface area contributed by atoms with Crippen molar-refractivity contribution in [3.63, 3.8) is 0 Å². The molecule has 4 nitrogen and oxygen atoms in total. The largest absolute Gasteiger partial charge is 0.497 e. The van der Waals surface area contributed by atoms with Crippen LogP contribution < -0.4 is 10.5 Å². The van der Waals surface area contributed by atoms with Crippen LogP contribution in [0, 0.1) is 0 Å². The second-order valence-corrected chi connectivity index (χ2v) is 4.60. The maximum Gasteiger partial charge on any atom is 0.122 e. The third-order valence-corrected chi connectivity index (χ3v) is 3.06. The fourth-order valence-electron chi connectivity index (χ4n) is 2.07. The molecule has 0 saturated heterocycles. The van der Waals surface area contributed by atoms with E-state index in [1.807, 2.05) is 24.3 Å². The number of hydrogen-bond donors (Lipinski definition) is 1. The van der Waals surface area contributed by atoms with E-state index in [9.17, 15) is 0 Å². The van der Waals surface area contributed by atoms with E-state index >= 15 is 0 Å². The molecule has 0 spiro atoms. The van der Waals surface area contributed by atoms with Crippen molar-refractivity contribution in [2.75, 3.05) is 14.2 Å². The van der Waals surface area contributed by atoms with Crippen molar-refractivity contribution in [3.8, 4) is 5.75 Å². The summed E-state index contributed by atoms with van der Waals surface area (Å²) in [6, 6.07) is 10.0. The van der Waals surface area contributed by atoms with Gasteiger partial charge in [-0.25, -0.2) is 0 Å². The summed E-state index contributed by atoms with van der Waals surface area (Å²) in [6.45, 7) is 2.09. The minimum Gasteiger partial charge on any atom is -0.497 e. The third-order valence-electron chi connectivity index (χ3n) is 3.06. The van der Waals surface area contributed by atoms with Crippen molar-refractivity contribution in [2.24, 2.45) is 5.73 Å². The van der Waals surface area contributed by atoms with Crippen molar-refractivity contribution in [3.05, 3.63) is 53.5 Å². The van der Waals surface area contributed by atoms with Crippen LogP contribution in [-0.2, 0) is 19.6 Å². The van der Waals surface area contributed by atoms with Crippen molar-refractivity contribution >= 4 is 0 Å². The van der Waals surface area contributed by atoms with E-state index in [0.29, 0.717) is 6.54 Å². The third kappa shape index (κ3) is 3.59. The van der Waals surface area contributed by atoms with Crippen LogP contribution in [0.3, 0.4) is 0 Å². The van der Waals surface area contributed by atoms with Gasteiger partial charge >= 0.3 is 0 Å². The molecule has 4 heteroatoms. The average molecular weight is 260 g/mol. The van der Waals surface area contributed by atoms with Crippen LogP contribution in [0.25, 0.3) is 0 Å². The molecule has 1 heterocycles. The molecule has 2 aromatic rings. The van der Waals surface area contributed by atoms with E-state index in [-0.39, 0.29) is 0 Å². The van der Waals surface area contributed by atoms with Crippen molar-refractivity contribution in [2.45, 2.75) is 19.6 Å². The van der Waals surface area contributed by atoms with Gasteiger partial charge in [-0.3, -0.25) is 4.90 Å². The molecule has 2 rings (SSSR count). The molecule has 0 unspecified atom stereocenters. The Balaban J connectivity index is 1.99. The van der Waals surface area contributed by atoms with E-state index in [1.54, 1.807) is 13.4 Å². The Morgan fingerprint density at radius 1 is 1.26 bits per heavy atom. The molecule has 0 aliphatic heterocycles. The van der Waals surface area contributed by atoms with E-state index in [0.717, 1.165) is 30.2 Å². The molecule has 0 aliphatic rings. The van der Waals surface area contributed by atoms with Gasteiger partial charge in [-0.1, -0.05) is 12.1 Å². The van der Waals surface area contributed by atoms with Gasteiger partial charge in [-0.2, -0.15) is 0 Å². The summed E-state index contributed by atoms with van der Waals surface area (Å²) in [5.41, 5.74) is 7.94. The molecule has 1 aromatic carbocycles. The lowest BCUT2D eigenvalue weighted by molar-refractivity contribution is 0.285. The Morgan fingerprint density at radius 3 is 2.84 bits per heavy atom. The first-order chi connectivity index (χ1) is 9.22. The quantitative estimate of drug-likeness (QED) is 0.866. The molecule has 1 aromatic heterocycles. The minimum atomic E-state index is 0.513. The predicted molar refractivity (Wildman–Crippen MR) is 74.8 cm³/mol. The monoisotopic (exact) mass is 260 g/mol. The van der Waals surface area contributed by atoms with Crippen LogP contribution >= 0.6 is 0 Å². The van der Waals surface area contributed by atoms with Crippen LogP contribution in [0.5, 0.6) is 5.75 Å². The molecule has 0 radical (unpaired) electrons. The summed E-state index contributed by atoms with van der Waals surface area (Å²) in [4.78, 5) is 2.19. The maximum atomic E-state index is 5.67. The normalized spacial score (nSPS) is 10.9.